The van der Waals surface area contributed by atoms with Gasteiger partial charge in [0.05, 0.1) is 17.7 Å². The van der Waals surface area contributed by atoms with E-state index in [1.165, 1.54) is 5.56 Å². The van der Waals surface area contributed by atoms with Crippen LogP contribution in [0.4, 0.5) is 0 Å². The first-order valence-corrected chi connectivity index (χ1v) is 5.18. The van der Waals surface area contributed by atoms with E-state index in [0.717, 1.165) is 19.3 Å². The van der Waals surface area contributed by atoms with Gasteiger partial charge in [-0.05, 0) is 37.0 Å². The molecule has 0 amide bonds. The number of hydrogen-bond donors (Lipinski definition) is 0. The van der Waals surface area contributed by atoms with Gasteiger partial charge in [0.1, 0.15) is 0 Å². The van der Waals surface area contributed by atoms with Crippen LogP contribution in [0.15, 0.2) is 24.3 Å². The molecule has 1 unspecified atom stereocenters. The predicted molar refractivity (Wildman–Crippen MR) is 58.9 cm³/mol. The average Bonchev–Trinajstić information content (AvgIpc) is 2.31. The van der Waals surface area contributed by atoms with Crippen LogP contribution in [0, 0.1) is 28.6 Å². The van der Waals surface area contributed by atoms with Crippen LogP contribution >= 0.6 is 0 Å². The van der Waals surface area contributed by atoms with Gasteiger partial charge in [-0.2, -0.15) is 10.5 Å². The highest BCUT2D eigenvalue weighted by Gasteiger charge is 2.04. The summed E-state index contributed by atoms with van der Waals surface area (Å²) in [5, 5.41) is 17.4. The quantitative estimate of drug-likeness (QED) is 0.746. The summed E-state index contributed by atoms with van der Waals surface area (Å²) in [5.74, 6) is 0.153. The number of rotatable bonds is 4. The van der Waals surface area contributed by atoms with Crippen LogP contribution < -0.4 is 0 Å². The van der Waals surface area contributed by atoms with Crippen LogP contribution in [-0.2, 0) is 6.42 Å². The largest absolute Gasteiger partial charge is 0.198 e. The molecule has 15 heavy (non-hydrogen) atoms. The fraction of sp³-hybridized carbons (Fsp3) is 0.385. The summed E-state index contributed by atoms with van der Waals surface area (Å²) in [5.41, 5.74) is 1.88. The third-order valence-electron chi connectivity index (χ3n) is 2.54. The van der Waals surface area contributed by atoms with Gasteiger partial charge in [0, 0.05) is 5.92 Å². The van der Waals surface area contributed by atoms with E-state index in [1.807, 2.05) is 31.2 Å². The molecule has 0 saturated carbocycles. The van der Waals surface area contributed by atoms with Gasteiger partial charge in [-0.15, -0.1) is 0 Å². The average molecular weight is 198 g/mol. The first-order chi connectivity index (χ1) is 7.30. The molecule has 1 aromatic rings. The molecule has 1 atom stereocenters. The minimum Gasteiger partial charge on any atom is -0.198 e. The Labute approximate surface area is 90.8 Å². The molecule has 0 fully saturated rings. The molecule has 2 heteroatoms. The first-order valence-electron chi connectivity index (χ1n) is 5.18. The molecule has 76 valence electrons. The second-order valence-corrected chi connectivity index (χ2v) is 3.58. The Kier molecular flexibility index (Phi) is 4.38. The highest BCUT2D eigenvalue weighted by atomic mass is 14.3. The molecular weight excluding hydrogens is 184 g/mol. The fourth-order valence-electron chi connectivity index (χ4n) is 1.45. The molecule has 1 rings (SSSR count). The summed E-state index contributed by atoms with van der Waals surface area (Å²) in [6.07, 6.45) is 2.73. The number of nitrogens with zero attached hydrogens (tertiary/aromatic N) is 2. The molecule has 2 nitrogen and oxygen atoms in total. The van der Waals surface area contributed by atoms with Crippen LogP contribution in [-0.4, -0.2) is 0 Å². The fourth-order valence-corrected chi connectivity index (χ4v) is 1.45. The van der Waals surface area contributed by atoms with Crippen LogP contribution in [0.2, 0.25) is 0 Å². The SMILES string of the molecule is CCC(C#N)CCc1ccc(C#N)cc1. The lowest BCUT2D eigenvalue weighted by atomic mass is 9.98. The van der Waals surface area contributed by atoms with E-state index in [2.05, 4.69) is 12.1 Å². The Morgan fingerprint density at radius 1 is 1.20 bits per heavy atom. The summed E-state index contributed by atoms with van der Waals surface area (Å²) >= 11 is 0. The number of aryl methyl sites for hydroxylation is 1. The predicted octanol–water partition coefficient (Wildman–Crippen LogP) is 3.04. The van der Waals surface area contributed by atoms with Crippen molar-refractivity contribution in [3.63, 3.8) is 0 Å². The standard InChI is InChI=1S/C13H14N2/c1-2-11(9-14)3-4-12-5-7-13(10-15)8-6-12/h5-8,11H,2-4H2,1H3. The molecule has 0 aliphatic rings. The maximum atomic E-state index is 8.79. The Morgan fingerprint density at radius 3 is 2.33 bits per heavy atom. The number of benzene rings is 1. The summed E-state index contributed by atoms with van der Waals surface area (Å²) < 4.78 is 0. The van der Waals surface area contributed by atoms with Crippen LogP contribution in [0.3, 0.4) is 0 Å². The number of nitriles is 2. The van der Waals surface area contributed by atoms with Crippen molar-refractivity contribution in [3.8, 4) is 12.1 Å². The van der Waals surface area contributed by atoms with E-state index in [0.29, 0.717) is 5.56 Å². The van der Waals surface area contributed by atoms with E-state index in [9.17, 15) is 0 Å². The molecule has 0 aliphatic carbocycles. The van der Waals surface area contributed by atoms with Crippen molar-refractivity contribution in [2.75, 3.05) is 0 Å². The van der Waals surface area contributed by atoms with Crippen molar-refractivity contribution in [2.24, 2.45) is 5.92 Å². The normalized spacial score (nSPS) is 11.4. The molecule has 0 spiro atoms. The zero-order valence-corrected chi connectivity index (χ0v) is 8.90. The lowest BCUT2D eigenvalue weighted by Gasteiger charge is -2.05. The Hall–Kier alpha value is -1.80. The van der Waals surface area contributed by atoms with Crippen molar-refractivity contribution in [3.05, 3.63) is 35.4 Å². The molecule has 0 radical (unpaired) electrons. The Morgan fingerprint density at radius 2 is 1.87 bits per heavy atom. The Bertz CT molecular complexity index is 378. The molecule has 0 N–H and O–H groups in total. The van der Waals surface area contributed by atoms with Gasteiger partial charge in [-0.3, -0.25) is 0 Å². The molecule has 0 aliphatic heterocycles. The van der Waals surface area contributed by atoms with E-state index in [4.69, 9.17) is 10.5 Å². The molecule has 1 aromatic carbocycles. The third-order valence-corrected chi connectivity index (χ3v) is 2.54. The molecule has 0 heterocycles. The van der Waals surface area contributed by atoms with Gasteiger partial charge in [0.25, 0.3) is 0 Å². The van der Waals surface area contributed by atoms with Crippen molar-refractivity contribution in [1.82, 2.24) is 0 Å². The summed E-state index contributed by atoms with van der Waals surface area (Å²) in [6, 6.07) is 11.9. The smallest absolute Gasteiger partial charge is 0.0991 e. The third kappa shape index (κ3) is 3.44. The van der Waals surface area contributed by atoms with Gasteiger partial charge in [-0.1, -0.05) is 19.1 Å². The molecule has 0 aromatic heterocycles. The van der Waals surface area contributed by atoms with Crippen LogP contribution in [0.1, 0.15) is 30.9 Å². The van der Waals surface area contributed by atoms with Crippen molar-refractivity contribution < 1.29 is 0 Å². The highest BCUT2D eigenvalue weighted by molar-refractivity contribution is 5.31. The van der Waals surface area contributed by atoms with E-state index in [1.54, 1.807) is 0 Å². The molecule has 0 saturated heterocycles. The minimum atomic E-state index is 0.153. The summed E-state index contributed by atoms with van der Waals surface area (Å²) in [6.45, 7) is 2.03. The summed E-state index contributed by atoms with van der Waals surface area (Å²) in [4.78, 5) is 0. The van der Waals surface area contributed by atoms with Gasteiger partial charge in [-0.25, -0.2) is 0 Å². The lowest BCUT2D eigenvalue weighted by molar-refractivity contribution is 0.585. The zero-order chi connectivity index (χ0) is 11.1. The van der Waals surface area contributed by atoms with E-state index >= 15 is 0 Å². The van der Waals surface area contributed by atoms with Gasteiger partial charge in [0.15, 0.2) is 0 Å². The second kappa shape index (κ2) is 5.83. The van der Waals surface area contributed by atoms with Crippen molar-refractivity contribution >= 4 is 0 Å². The van der Waals surface area contributed by atoms with Gasteiger partial charge < -0.3 is 0 Å². The highest BCUT2D eigenvalue weighted by Crippen LogP contribution is 2.12. The van der Waals surface area contributed by atoms with Crippen LogP contribution in [0.5, 0.6) is 0 Å². The lowest BCUT2D eigenvalue weighted by Crippen LogP contribution is -1.97. The first kappa shape index (κ1) is 11.3. The van der Waals surface area contributed by atoms with Crippen molar-refractivity contribution in [1.29, 1.82) is 10.5 Å². The van der Waals surface area contributed by atoms with E-state index in [-0.39, 0.29) is 5.92 Å². The molecular formula is C13H14N2. The molecule has 0 bridgehead atoms. The summed E-state index contributed by atoms with van der Waals surface area (Å²) in [7, 11) is 0. The van der Waals surface area contributed by atoms with E-state index < -0.39 is 0 Å². The monoisotopic (exact) mass is 198 g/mol. The second-order valence-electron chi connectivity index (χ2n) is 3.58. The van der Waals surface area contributed by atoms with Crippen LogP contribution in [0.25, 0.3) is 0 Å². The Balaban J connectivity index is 2.52. The van der Waals surface area contributed by atoms with Crippen molar-refractivity contribution in [2.45, 2.75) is 26.2 Å². The minimum absolute atomic E-state index is 0.153. The van der Waals surface area contributed by atoms with Gasteiger partial charge >= 0.3 is 0 Å². The number of hydrogen-bond acceptors (Lipinski definition) is 2. The maximum absolute atomic E-state index is 8.79. The topological polar surface area (TPSA) is 47.6 Å². The van der Waals surface area contributed by atoms with Gasteiger partial charge in [0.2, 0.25) is 0 Å². The maximum Gasteiger partial charge on any atom is 0.0991 e. The zero-order valence-electron chi connectivity index (χ0n) is 8.90.